The van der Waals surface area contributed by atoms with Crippen LogP contribution in [0.15, 0.2) is 4.99 Å². The summed E-state index contributed by atoms with van der Waals surface area (Å²) < 4.78 is 0. The Hall–Kier alpha value is -1.26. The summed E-state index contributed by atoms with van der Waals surface area (Å²) in [6.45, 7) is 3.61. The summed E-state index contributed by atoms with van der Waals surface area (Å²) in [6.07, 6.45) is 0.841. The van der Waals surface area contributed by atoms with Crippen LogP contribution in [0.3, 0.4) is 0 Å². The fourth-order valence-electron chi connectivity index (χ4n) is 1.54. The molecular formula is C8H14N4O. The normalized spacial score (nSPS) is 32.4. The van der Waals surface area contributed by atoms with Crippen LogP contribution in [0.2, 0.25) is 0 Å². The van der Waals surface area contributed by atoms with Gasteiger partial charge in [-0.2, -0.15) is 0 Å². The molecule has 2 heterocycles. The molecule has 13 heavy (non-hydrogen) atoms. The van der Waals surface area contributed by atoms with Crippen LogP contribution in [-0.4, -0.2) is 37.0 Å². The van der Waals surface area contributed by atoms with E-state index in [1.807, 2.05) is 0 Å². The molecule has 0 aromatic heterocycles. The third kappa shape index (κ3) is 1.74. The number of carbonyl (C=O) groups excluding carboxylic acids is 1. The molecule has 1 amide bonds. The standard InChI is InChI=1S/C8H14N4O/c1-5-4-10-8(11-5)12-6-2-3-9-7(6)13/h5-6H,2-4H2,1H3,(H,9,13)(H2,10,11,12). The number of nitrogens with zero attached hydrogens (tertiary/aromatic N) is 1. The lowest BCUT2D eigenvalue weighted by Gasteiger charge is -2.12. The number of rotatable bonds is 1. The monoisotopic (exact) mass is 182 g/mol. The molecule has 1 fully saturated rings. The number of aliphatic imine (C=N–C) groups is 1. The molecule has 2 aliphatic heterocycles. The van der Waals surface area contributed by atoms with Crippen LogP contribution in [-0.2, 0) is 4.79 Å². The summed E-state index contributed by atoms with van der Waals surface area (Å²) in [5, 5.41) is 9.02. The largest absolute Gasteiger partial charge is 0.354 e. The molecular weight excluding hydrogens is 168 g/mol. The van der Waals surface area contributed by atoms with Gasteiger partial charge < -0.3 is 16.0 Å². The predicted molar refractivity (Wildman–Crippen MR) is 49.5 cm³/mol. The first-order valence-electron chi connectivity index (χ1n) is 4.61. The van der Waals surface area contributed by atoms with Crippen molar-refractivity contribution in [1.29, 1.82) is 0 Å². The quantitative estimate of drug-likeness (QED) is 0.478. The highest BCUT2D eigenvalue weighted by Crippen LogP contribution is 2.00. The molecule has 2 unspecified atom stereocenters. The second-order valence-electron chi connectivity index (χ2n) is 3.51. The van der Waals surface area contributed by atoms with Crippen LogP contribution in [0.1, 0.15) is 13.3 Å². The second-order valence-corrected chi connectivity index (χ2v) is 3.51. The van der Waals surface area contributed by atoms with Gasteiger partial charge in [0, 0.05) is 12.6 Å². The summed E-state index contributed by atoms with van der Waals surface area (Å²) in [4.78, 5) is 15.4. The van der Waals surface area contributed by atoms with Crippen molar-refractivity contribution in [3.63, 3.8) is 0 Å². The van der Waals surface area contributed by atoms with Gasteiger partial charge in [-0.3, -0.25) is 9.79 Å². The summed E-state index contributed by atoms with van der Waals surface area (Å²) in [5.74, 6) is 0.832. The van der Waals surface area contributed by atoms with Crippen LogP contribution in [0.4, 0.5) is 0 Å². The van der Waals surface area contributed by atoms with Gasteiger partial charge in [0.15, 0.2) is 5.96 Å². The second kappa shape index (κ2) is 3.24. The molecule has 0 saturated carbocycles. The SMILES string of the molecule is CC1CN=C(NC2CCNC2=O)N1. The summed E-state index contributed by atoms with van der Waals surface area (Å²) >= 11 is 0. The topological polar surface area (TPSA) is 65.5 Å². The molecule has 0 aromatic rings. The molecule has 5 heteroatoms. The lowest BCUT2D eigenvalue weighted by molar-refractivity contribution is -0.120. The molecule has 72 valence electrons. The Bertz CT molecular complexity index is 251. The fourth-order valence-corrected chi connectivity index (χ4v) is 1.54. The molecule has 1 saturated heterocycles. The van der Waals surface area contributed by atoms with Crippen LogP contribution in [0.25, 0.3) is 0 Å². The van der Waals surface area contributed by atoms with Crippen LogP contribution in [0.5, 0.6) is 0 Å². The summed E-state index contributed by atoms with van der Waals surface area (Å²) in [7, 11) is 0. The third-order valence-electron chi connectivity index (χ3n) is 2.27. The highest BCUT2D eigenvalue weighted by Gasteiger charge is 2.26. The van der Waals surface area contributed by atoms with Gasteiger partial charge in [0.25, 0.3) is 0 Å². The third-order valence-corrected chi connectivity index (χ3v) is 2.27. The number of amides is 1. The van der Waals surface area contributed by atoms with Gasteiger partial charge >= 0.3 is 0 Å². The minimum Gasteiger partial charge on any atom is -0.354 e. The van der Waals surface area contributed by atoms with E-state index in [1.54, 1.807) is 0 Å². The Morgan fingerprint density at radius 2 is 2.46 bits per heavy atom. The first kappa shape index (κ1) is 8.34. The molecule has 0 aromatic carbocycles. The predicted octanol–water partition coefficient (Wildman–Crippen LogP) is -1.19. The summed E-state index contributed by atoms with van der Waals surface area (Å²) in [5.41, 5.74) is 0. The van der Waals surface area contributed by atoms with E-state index in [2.05, 4.69) is 27.9 Å². The van der Waals surface area contributed by atoms with Crippen molar-refractivity contribution in [2.75, 3.05) is 13.1 Å². The maximum absolute atomic E-state index is 11.2. The maximum atomic E-state index is 11.2. The maximum Gasteiger partial charge on any atom is 0.242 e. The van der Waals surface area contributed by atoms with Gasteiger partial charge in [-0.15, -0.1) is 0 Å². The molecule has 0 radical (unpaired) electrons. The van der Waals surface area contributed by atoms with Crippen molar-refractivity contribution < 1.29 is 4.79 Å². The Kier molecular flexibility index (Phi) is 2.08. The zero-order chi connectivity index (χ0) is 9.26. The zero-order valence-electron chi connectivity index (χ0n) is 7.63. The molecule has 0 spiro atoms. The number of hydrogen-bond acceptors (Lipinski definition) is 4. The van der Waals surface area contributed by atoms with Crippen LogP contribution in [0, 0.1) is 0 Å². The highest BCUT2D eigenvalue weighted by molar-refractivity contribution is 5.90. The Morgan fingerprint density at radius 3 is 3.00 bits per heavy atom. The first-order valence-corrected chi connectivity index (χ1v) is 4.61. The number of hydrogen-bond donors (Lipinski definition) is 3. The number of carbonyl (C=O) groups is 1. The van der Waals surface area contributed by atoms with Crippen molar-refractivity contribution in [3.8, 4) is 0 Å². The van der Waals surface area contributed by atoms with E-state index in [9.17, 15) is 4.79 Å². The molecule has 2 rings (SSSR count). The van der Waals surface area contributed by atoms with Gasteiger partial charge in [-0.1, -0.05) is 0 Å². The lowest BCUT2D eigenvalue weighted by Crippen LogP contribution is -2.46. The lowest BCUT2D eigenvalue weighted by atomic mass is 10.2. The number of guanidine groups is 1. The van der Waals surface area contributed by atoms with E-state index in [1.165, 1.54) is 0 Å². The minimum absolute atomic E-state index is 0.0732. The van der Waals surface area contributed by atoms with Gasteiger partial charge in [0.05, 0.1) is 6.54 Å². The smallest absolute Gasteiger partial charge is 0.242 e. The molecule has 0 bridgehead atoms. The summed E-state index contributed by atoms with van der Waals surface area (Å²) in [6, 6.07) is 0.281. The van der Waals surface area contributed by atoms with Crippen molar-refractivity contribution >= 4 is 11.9 Å². The molecule has 2 aliphatic rings. The van der Waals surface area contributed by atoms with E-state index in [-0.39, 0.29) is 11.9 Å². The van der Waals surface area contributed by atoms with Crippen molar-refractivity contribution in [2.24, 2.45) is 4.99 Å². The molecule has 2 atom stereocenters. The minimum atomic E-state index is -0.100. The molecule has 0 aliphatic carbocycles. The van der Waals surface area contributed by atoms with Crippen molar-refractivity contribution in [1.82, 2.24) is 16.0 Å². The van der Waals surface area contributed by atoms with E-state index in [0.717, 1.165) is 25.5 Å². The average molecular weight is 182 g/mol. The Balaban J connectivity index is 1.87. The van der Waals surface area contributed by atoms with E-state index >= 15 is 0 Å². The average Bonchev–Trinajstić information content (AvgIpc) is 2.64. The van der Waals surface area contributed by atoms with Gasteiger partial charge in [-0.25, -0.2) is 0 Å². The molecule has 3 N–H and O–H groups in total. The molecule has 5 nitrogen and oxygen atoms in total. The number of nitrogens with one attached hydrogen (secondary N) is 3. The van der Waals surface area contributed by atoms with Crippen molar-refractivity contribution in [2.45, 2.75) is 25.4 Å². The Morgan fingerprint density at radius 1 is 1.62 bits per heavy atom. The van der Waals surface area contributed by atoms with Crippen LogP contribution < -0.4 is 16.0 Å². The van der Waals surface area contributed by atoms with Crippen molar-refractivity contribution in [3.05, 3.63) is 0 Å². The zero-order valence-corrected chi connectivity index (χ0v) is 7.63. The van der Waals surface area contributed by atoms with Gasteiger partial charge in [0.2, 0.25) is 5.91 Å². The van der Waals surface area contributed by atoms with Gasteiger partial charge in [-0.05, 0) is 13.3 Å². The van der Waals surface area contributed by atoms with Gasteiger partial charge in [0.1, 0.15) is 6.04 Å². The highest BCUT2D eigenvalue weighted by atomic mass is 16.2. The van der Waals surface area contributed by atoms with E-state index < -0.39 is 0 Å². The fraction of sp³-hybridized carbons (Fsp3) is 0.750. The van der Waals surface area contributed by atoms with E-state index in [4.69, 9.17) is 0 Å². The van der Waals surface area contributed by atoms with E-state index in [0.29, 0.717) is 6.04 Å². The van der Waals surface area contributed by atoms with Crippen LogP contribution >= 0.6 is 0 Å². The first-order chi connectivity index (χ1) is 6.25. The Labute approximate surface area is 77.0 Å².